The number of hydrogen-bond acceptors (Lipinski definition) is 6. The molecule has 6 nitrogen and oxygen atoms in total. The highest BCUT2D eigenvalue weighted by molar-refractivity contribution is 7.98. The molecule has 2 atom stereocenters. The fraction of sp³-hybridized carbons (Fsp3) is 0.312. The predicted octanol–water partition coefficient (Wildman–Crippen LogP) is 2.58. The molecule has 0 fully saturated rings. The Hall–Kier alpha value is -2.28. The molecule has 0 radical (unpaired) electrons. The van der Waals surface area contributed by atoms with Gasteiger partial charge in [0.15, 0.2) is 0 Å². The van der Waals surface area contributed by atoms with Crippen molar-refractivity contribution in [3.63, 3.8) is 0 Å². The van der Waals surface area contributed by atoms with Gasteiger partial charge in [-0.1, -0.05) is 30.0 Å². The molecule has 118 valence electrons. The minimum absolute atomic E-state index is 0.182. The van der Waals surface area contributed by atoms with Crippen molar-refractivity contribution in [2.24, 2.45) is 5.92 Å². The number of thioether (sulfide) groups is 1. The lowest BCUT2D eigenvalue weighted by molar-refractivity contribution is -0.123. The zero-order valence-corrected chi connectivity index (χ0v) is 13.4. The van der Waals surface area contributed by atoms with Gasteiger partial charge in [0.1, 0.15) is 11.5 Å². The van der Waals surface area contributed by atoms with Gasteiger partial charge >= 0.3 is 0 Å². The molecule has 0 spiro atoms. The van der Waals surface area contributed by atoms with Crippen LogP contribution in [0.25, 0.3) is 0 Å². The minimum Gasteiger partial charge on any atom is -0.508 e. The maximum atomic E-state index is 12.6. The maximum absolute atomic E-state index is 12.6. The number of nitrogens with zero attached hydrogens (tertiary/aromatic N) is 3. The Bertz CT molecular complexity index is 814. The number of fused-ring (bicyclic) bond motifs is 2. The molecule has 1 aliphatic carbocycles. The number of phenolic OH excluding ortho intramolecular Hbond substituents is 1. The molecular formula is C16H16N4O2S. The first-order chi connectivity index (χ1) is 11.2. The fourth-order valence-corrected chi connectivity index (χ4v) is 3.63. The lowest BCUT2D eigenvalue weighted by Gasteiger charge is -2.36. The van der Waals surface area contributed by atoms with Crippen LogP contribution >= 0.6 is 11.8 Å². The highest BCUT2D eigenvalue weighted by Crippen LogP contribution is 2.42. The molecular weight excluding hydrogens is 312 g/mol. The molecule has 1 aliphatic heterocycles. The van der Waals surface area contributed by atoms with Crippen molar-refractivity contribution < 1.29 is 9.90 Å². The summed E-state index contributed by atoms with van der Waals surface area (Å²) in [7, 11) is 0. The van der Waals surface area contributed by atoms with E-state index in [2.05, 4.69) is 21.5 Å². The number of nitrogens with one attached hydrogen (secondary N) is 1. The van der Waals surface area contributed by atoms with Crippen molar-refractivity contribution in [2.45, 2.75) is 24.0 Å². The zero-order valence-electron chi connectivity index (χ0n) is 12.6. The van der Waals surface area contributed by atoms with Crippen LogP contribution in [-0.2, 0) is 4.79 Å². The van der Waals surface area contributed by atoms with Crippen molar-refractivity contribution in [1.82, 2.24) is 14.8 Å². The van der Waals surface area contributed by atoms with Gasteiger partial charge in [0.25, 0.3) is 0 Å². The summed E-state index contributed by atoms with van der Waals surface area (Å²) in [5.41, 5.74) is 1.75. The molecule has 1 aromatic heterocycles. The highest BCUT2D eigenvalue weighted by Gasteiger charge is 2.41. The van der Waals surface area contributed by atoms with Crippen molar-refractivity contribution in [3.05, 3.63) is 41.6 Å². The third kappa shape index (κ3) is 2.31. The van der Waals surface area contributed by atoms with E-state index in [0.29, 0.717) is 17.5 Å². The lowest BCUT2D eigenvalue weighted by atomic mass is 9.81. The van der Waals surface area contributed by atoms with E-state index in [4.69, 9.17) is 0 Å². The van der Waals surface area contributed by atoms with Gasteiger partial charge < -0.3 is 10.4 Å². The van der Waals surface area contributed by atoms with Crippen LogP contribution in [0.1, 0.15) is 24.4 Å². The Labute approximate surface area is 137 Å². The molecule has 1 aromatic carbocycles. The van der Waals surface area contributed by atoms with Gasteiger partial charge in [-0.15, -0.1) is 5.10 Å². The molecule has 2 heterocycles. The van der Waals surface area contributed by atoms with Crippen LogP contribution < -0.4 is 5.32 Å². The number of rotatable bonds is 2. The molecule has 0 amide bonds. The van der Waals surface area contributed by atoms with E-state index in [1.807, 2.05) is 12.3 Å². The quantitative estimate of drug-likeness (QED) is 0.825. The van der Waals surface area contributed by atoms with Crippen LogP contribution in [0.5, 0.6) is 5.75 Å². The first-order valence-electron chi connectivity index (χ1n) is 7.46. The van der Waals surface area contributed by atoms with E-state index in [1.165, 1.54) is 11.8 Å². The van der Waals surface area contributed by atoms with Gasteiger partial charge in [-0.25, -0.2) is 4.68 Å². The standard InChI is InChI=1S/C16H16N4O2S/c1-23-16-18-15-17-11-6-3-7-12(22)13(11)14(20(15)19-16)9-4-2-5-10(21)8-9/h2,4-6,8,13-14,21H,3,7H2,1H3,(H,17,18,19)/t13-,14-/m0/s1. The van der Waals surface area contributed by atoms with Crippen molar-refractivity contribution >= 4 is 23.5 Å². The van der Waals surface area contributed by atoms with Gasteiger partial charge in [-0.05, 0) is 30.4 Å². The summed E-state index contributed by atoms with van der Waals surface area (Å²) < 4.78 is 1.77. The number of allylic oxidation sites excluding steroid dienone is 2. The fourth-order valence-electron chi connectivity index (χ4n) is 3.28. The van der Waals surface area contributed by atoms with Gasteiger partial charge in [0.2, 0.25) is 11.1 Å². The Morgan fingerprint density at radius 3 is 3.09 bits per heavy atom. The Kier molecular flexibility index (Phi) is 3.37. The summed E-state index contributed by atoms with van der Waals surface area (Å²) in [5.74, 6) is 0.700. The van der Waals surface area contributed by atoms with E-state index < -0.39 is 0 Å². The molecule has 0 unspecified atom stereocenters. The van der Waals surface area contributed by atoms with Crippen molar-refractivity contribution in [1.29, 1.82) is 0 Å². The normalized spacial score (nSPS) is 22.8. The molecule has 0 saturated heterocycles. The molecule has 0 saturated carbocycles. The number of ketones is 1. The summed E-state index contributed by atoms with van der Waals surface area (Å²) in [5, 5.41) is 18.3. The zero-order chi connectivity index (χ0) is 16.0. The Morgan fingerprint density at radius 2 is 2.30 bits per heavy atom. The monoisotopic (exact) mass is 328 g/mol. The number of benzene rings is 1. The molecule has 7 heteroatoms. The number of aromatic hydroxyl groups is 1. The van der Waals surface area contributed by atoms with Crippen molar-refractivity contribution in [3.8, 4) is 5.75 Å². The number of hydrogen-bond donors (Lipinski definition) is 2. The second kappa shape index (κ2) is 5.42. The van der Waals surface area contributed by atoms with E-state index in [-0.39, 0.29) is 23.5 Å². The number of anilines is 1. The summed E-state index contributed by atoms with van der Waals surface area (Å²) in [6.45, 7) is 0. The number of phenols is 1. The number of aromatic nitrogens is 3. The Morgan fingerprint density at radius 1 is 1.43 bits per heavy atom. The van der Waals surface area contributed by atoms with E-state index in [1.54, 1.807) is 22.9 Å². The molecule has 4 rings (SSSR count). The van der Waals surface area contributed by atoms with Gasteiger partial charge in [0, 0.05) is 12.1 Å². The van der Waals surface area contributed by atoms with E-state index in [9.17, 15) is 9.90 Å². The first-order valence-corrected chi connectivity index (χ1v) is 8.69. The molecule has 0 bridgehead atoms. The van der Waals surface area contributed by atoms with Crippen LogP contribution in [0.4, 0.5) is 5.95 Å². The summed E-state index contributed by atoms with van der Waals surface area (Å²) in [6, 6.07) is 6.74. The predicted molar refractivity (Wildman–Crippen MR) is 87.5 cm³/mol. The average Bonchev–Trinajstić information content (AvgIpc) is 2.96. The second-order valence-corrected chi connectivity index (χ2v) is 6.45. The summed E-state index contributed by atoms with van der Waals surface area (Å²) >= 11 is 1.46. The molecule has 2 N–H and O–H groups in total. The molecule has 2 aliphatic rings. The first kappa shape index (κ1) is 14.3. The van der Waals surface area contributed by atoms with Crippen LogP contribution in [0.2, 0.25) is 0 Å². The average molecular weight is 328 g/mol. The van der Waals surface area contributed by atoms with Crippen LogP contribution in [-0.4, -0.2) is 31.9 Å². The van der Waals surface area contributed by atoms with Crippen LogP contribution in [0.3, 0.4) is 0 Å². The summed E-state index contributed by atoms with van der Waals surface area (Å²) in [6.07, 6.45) is 5.26. The van der Waals surface area contributed by atoms with Crippen LogP contribution in [0.15, 0.2) is 41.2 Å². The van der Waals surface area contributed by atoms with Gasteiger partial charge in [-0.3, -0.25) is 4.79 Å². The van der Waals surface area contributed by atoms with Gasteiger partial charge in [0.05, 0.1) is 12.0 Å². The summed E-state index contributed by atoms with van der Waals surface area (Å²) in [4.78, 5) is 17.0. The third-order valence-corrected chi connectivity index (χ3v) is 4.82. The second-order valence-electron chi connectivity index (χ2n) is 5.67. The van der Waals surface area contributed by atoms with E-state index in [0.717, 1.165) is 17.7 Å². The lowest BCUT2D eigenvalue weighted by Crippen LogP contribution is -2.38. The maximum Gasteiger partial charge on any atom is 0.227 e. The third-order valence-electron chi connectivity index (χ3n) is 4.28. The number of carbonyl (C=O) groups is 1. The molecule has 2 aromatic rings. The van der Waals surface area contributed by atoms with E-state index >= 15 is 0 Å². The Balaban J connectivity index is 1.91. The highest BCUT2D eigenvalue weighted by atomic mass is 32.2. The largest absolute Gasteiger partial charge is 0.508 e. The number of Topliss-reactive ketones (excluding diaryl/α,β-unsaturated/α-hetero) is 1. The molecule has 23 heavy (non-hydrogen) atoms. The minimum atomic E-state index is -0.311. The van der Waals surface area contributed by atoms with Gasteiger partial charge in [-0.2, -0.15) is 4.98 Å². The topological polar surface area (TPSA) is 80.0 Å². The van der Waals surface area contributed by atoms with Crippen LogP contribution in [0, 0.1) is 5.92 Å². The smallest absolute Gasteiger partial charge is 0.227 e. The van der Waals surface area contributed by atoms with Crippen molar-refractivity contribution in [2.75, 3.05) is 11.6 Å². The number of carbonyl (C=O) groups excluding carboxylic acids is 1. The SMILES string of the molecule is CSc1nc2n(n1)[C@@H](c1cccc(O)c1)[C@@H]1C(=O)CCC=C1N2.